The van der Waals surface area contributed by atoms with Gasteiger partial charge < -0.3 is 15.5 Å². The van der Waals surface area contributed by atoms with E-state index in [0.717, 1.165) is 17.7 Å². The number of rotatable bonds is 1. The van der Waals surface area contributed by atoms with Gasteiger partial charge in [-0.3, -0.25) is 0 Å². The van der Waals surface area contributed by atoms with Crippen molar-refractivity contribution in [3.63, 3.8) is 0 Å². The fourth-order valence-corrected chi connectivity index (χ4v) is 5.32. The van der Waals surface area contributed by atoms with E-state index in [1.165, 1.54) is 11.8 Å². The third kappa shape index (κ3) is 1.62. The Morgan fingerprint density at radius 2 is 1.78 bits per heavy atom. The fourth-order valence-electron chi connectivity index (χ4n) is 5.32. The van der Waals surface area contributed by atoms with Gasteiger partial charge in [-0.05, 0) is 29.9 Å². The summed E-state index contributed by atoms with van der Waals surface area (Å²) in [6, 6.07) is 10.2. The van der Waals surface area contributed by atoms with Crippen LogP contribution in [0.1, 0.15) is 25.3 Å². The van der Waals surface area contributed by atoms with Crippen molar-refractivity contribution in [3.8, 4) is 0 Å². The van der Waals surface area contributed by atoms with Crippen LogP contribution in [0.25, 0.3) is 0 Å². The first kappa shape index (κ1) is 14.3. The summed E-state index contributed by atoms with van der Waals surface area (Å²) in [5, 5.41) is 36.1. The second kappa shape index (κ2) is 4.85. The Hall–Kier alpha value is -2.30. The lowest BCUT2D eigenvalue weighted by Gasteiger charge is -2.60. The maximum Gasteiger partial charge on any atom is 0.0799 e. The predicted molar refractivity (Wildman–Crippen MR) is 86.1 cm³/mol. The summed E-state index contributed by atoms with van der Waals surface area (Å²) in [4.78, 5) is 0. The van der Waals surface area contributed by atoms with Crippen LogP contribution in [0, 0.1) is 23.7 Å². The Labute approximate surface area is 134 Å². The number of aliphatic hydroxyl groups excluding tert-OH is 1. The van der Waals surface area contributed by atoms with Gasteiger partial charge in [0.1, 0.15) is 0 Å². The minimum atomic E-state index is -0.273. The van der Waals surface area contributed by atoms with Crippen LogP contribution in [0.15, 0.2) is 52.5 Å². The molecule has 4 aliphatic rings. The summed E-state index contributed by atoms with van der Waals surface area (Å²) >= 11 is 0. The number of allylic oxidation sites excluding steroid dienone is 1. The zero-order valence-electron chi connectivity index (χ0n) is 12.9. The van der Waals surface area contributed by atoms with Gasteiger partial charge in [0.2, 0.25) is 0 Å². The van der Waals surface area contributed by atoms with E-state index in [1.807, 2.05) is 18.2 Å². The Morgan fingerprint density at radius 3 is 2.39 bits per heavy atom. The number of benzene rings is 1. The molecule has 0 spiro atoms. The van der Waals surface area contributed by atoms with Crippen LogP contribution < -0.4 is 0 Å². The molecule has 0 heterocycles. The number of hydrogen-bond acceptors (Lipinski definition) is 5. The van der Waals surface area contributed by atoms with Gasteiger partial charge in [0.15, 0.2) is 0 Å². The molecule has 0 radical (unpaired) electrons. The quantitative estimate of drug-likeness (QED) is 0.422. The van der Waals surface area contributed by atoms with Gasteiger partial charge in [0.25, 0.3) is 0 Å². The van der Waals surface area contributed by atoms with Crippen LogP contribution in [-0.2, 0) is 5.41 Å². The molecule has 1 aromatic rings. The zero-order chi connectivity index (χ0) is 16.2. The number of hydrogen-bond donors (Lipinski definition) is 3. The molecule has 3 N–H and O–H groups in total. The normalized spacial score (nSPS) is 43.6. The summed E-state index contributed by atoms with van der Waals surface area (Å²) in [6.45, 7) is 2.08. The van der Waals surface area contributed by atoms with Crippen LogP contribution in [0.3, 0.4) is 0 Å². The molecule has 5 rings (SSSR count). The van der Waals surface area contributed by atoms with E-state index in [2.05, 4.69) is 29.4 Å². The second-order valence-electron chi connectivity index (χ2n) is 6.99. The smallest absolute Gasteiger partial charge is 0.0799 e. The number of aliphatic hydroxyl groups is 1. The lowest BCUT2D eigenvalue weighted by molar-refractivity contribution is 0.151. The lowest BCUT2D eigenvalue weighted by atomic mass is 9.42. The first-order valence-electron chi connectivity index (χ1n) is 8.02. The van der Waals surface area contributed by atoms with Crippen molar-refractivity contribution < 1.29 is 15.5 Å². The SMILES string of the molecule is CC1C2CC3(c4ccccc4)CC(C2=NO)/C(=N\O)C1/C3=C\O. The largest absolute Gasteiger partial charge is 0.516 e. The highest BCUT2D eigenvalue weighted by atomic mass is 16.4. The molecule has 0 aromatic heterocycles. The van der Waals surface area contributed by atoms with Crippen molar-refractivity contribution >= 4 is 11.4 Å². The Morgan fingerprint density at radius 1 is 1.09 bits per heavy atom. The molecule has 1 aromatic carbocycles. The molecule has 0 aliphatic heterocycles. The van der Waals surface area contributed by atoms with Crippen molar-refractivity contribution in [1.82, 2.24) is 0 Å². The highest BCUT2D eigenvalue weighted by Crippen LogP contribution is 2.63. The van der Waals surface area contributed by atoms with Crippen LogP contribution in [0.4, 0.5) is 0 Å². The minimum absolute atomic E-state index is 0.104. The second-order valence-corrected chi connectivity index (χ2v) is 6.99. The highest BCUT2D eigenvalue weighted by molar-refractivity contribution is 6.14. The van der Waals surface area contributed by atoms with Crippen molar-refractivity contribution in [2.45, 2.75) is 25.2 Å². The summed E-state index contributed by atoms with van der Waals surface area (Å²) in [5.41, 5.74) is 3.16. The van der Waals surface area contributed by atoms with E-state index in [4.69, 9.17) is 0 Å². The Balaban J connectivity index is 1.95. The van der Waals surface area contributed by atoms with Gasteiger partial charge in [-0.15, -0.1) is 0 Å². The Bertz CT molecular complexity index is 725. The number of nitrogens with zero attached hydrogens (tertiary/aromatic N) is 2. The third-order valence-corrected chi connectivity index (χ3v) is 6.28. The minimum Gasteiger partial charge on any atom is -0.516 e. The van der Waals surface area contributed by atoms with E-state index in [9.17, 15) is 15.5 Å². The Kier molecular flexibility index (Phi) is 3.01. The van der Waals surface area contributed by atoms with Gasteiger partial charge in [0, 0.05) is 23.2 Å². The maximum atomic E-state index is 10.0. The average molecular weight is 312 g/mol. The molecule has 4 fully saturated rings. The zero-order valence-corrected chi connectivity index (χ0v) is 12.9. The number of oxime groups is 2. The highest BCUT2D eigenvalue weighted by Gasteiger charge is 2.63. The molecule has 4 saturated carbocycles. The first-order valence-corrected chi connectivity index (χ1v) is 8.02. The molecular formula is C18H20N2O3. The summed E-state index contributed by atoms with van der Waals surface area (Å²) < 4.78 is 0. The van der Waals surface area contributed by atoms with Crippen molar-refractivity contribution in [2.24, 2.45) is 34.0 Å². The summed E-state index contributed by atoms with van der Waals surface area (Å²) in [5.74, 6) is 0.0128. The molecule has 0 amide bonds. The van der Waals surface area contributed by atoms with Gasteiger partial charge in [-0.25, -0.2) is 0 Å². The predicted octanol–water partition coefficient (Wildman–Crippen LogP) is 3.33. The van der Waals surface area contributed by atoms with E-state index < -0.39 is 0 Å². The van der Waals surface area contributed by atoms with Crippen LogP contribution >= 0.6 is 0 Å². The van der Waals surface area contributed by atoms with Crippen LogP contribution in [0.2, 0.25) is 0 Å². The standard InChI is InChI=1S/C18H20N2O3/c1-10-12-7-18(11-5-3-2-4-6-11)8-13(16(12)19-22)17(20-23)15(10)14(18)9-21/h2-6,9-10,12-13,15,21-23H,7-8H2,1H3/b14-9+,19-16?,20-17+. The average Bonchev–Trinajstić information content (AvgIpc) is 2.60. The van der Waals surface area contributed by atoms with Crippen molar-refractivity contribution in [1.29, 1.82) is 0 Å². The van der Waals surface area contributed by atoms with Gasteiger partial charge in [0.05, 0.1) is 17.7 Å². The van der Waals surface area contributed by atoms with Crippen molar-refractivity contribution in [3.05, 3.63) is 47.7 Å². The van der Waals surface area contributed by atoms with Gasteiger partial charge in [-0.1, -0.05) is 47.6 Å². The molecule has 5 heteroatoms. The maximum absolute atomic E-state index is 10.0. The van der Waals surface area contributed by atoms with Gasteiger partial charge in [-0.2, -0.15) is 0 Å². The first-order chi connectivity index (χ1) is 11.2. The molecule has 23 heavy (non-hydrogen) atoms. The van der Waals surface area contributed by atoms with E-state index >= 15 is 0 Å². The van der Waals surface area contributed by atoms with E-state index in [-0.39, 0.29) is 29.1 Å². The molecular weight excluding hydrogens is 292 g/mol. The molecule has 4 bridgehead atoms. The molecule has 4 aliphatic carbocycles. The molecule has 0 saturated heterocycles. The molecule has 5 unspecified atom stereocenters. The molecule has 5 atom stereocenters. The summed E-state index contributed by atoms with van der Waals surface area (Å²) in [7, 11) is 0. The fraction of sp³-hybridized carbons (Fsp3) is 0.444. The summed E-state index contributed by atoms with van der Waals surface area (Å²) in [6.07, 6.45) is 2.70. The van der Waals surface area contributed by atoms with Crippen molar-refractivity contribution in [2.75, 3.05) is 0 Å². The van der Waals surface area contributed by atoms with E-state index in [0.29, 0.717) is 12.1 Å². The van der Waals surface area contributed by atoms with Crippen LogP contribution in [0.5, 0.6) is 0 Å². The van der Waals surface area contributed by atoms with Crippen LogP contribution in [-0.4, -0.2) is 26.9 Å². The topological polar surface area (TPSA) is 85.4 Å². The lowest BCUT2D eigenvalue weighted by Crippen LogP contribution is -2.63. The van der Waals surface area contributed by atoms with E-state index in [1.54, 1.807) is 0 Å². The monoisotopic (exact) mass is 312 g/mol. The molecule has 5 nitrogen and oxygen atoms in total. The molecule has 120 valence electrons. The third-order valence-electron chi connectivity index (χ3n) is 6.28. The van der Waals surface area contributed by atoms with Gasteiger partial charge >= 0.3 is 0 Å².